The van der Waals surface area contributed by atoms with Gasteiger partial charge in [0.25, 0.3) is 0 Å². The Morgan fingerprint density at radius 3 is 2.59 bits per heavy atom. The largest absolute Gasteiger partial charge is 0.300 e. The van der Waals surface area contributed by atoms with Gasteiger partial charge in [0, 0.05) is 25.2 Å². The van der Waals surface area contributed by atoms with E-state index < -0.39 is 11.8 Å². The van der Waals surface area contributed by atoms with Crippen molar-refractivity contribution in [1.82, 2.24) is 0 Å². The predicted octanol–water partition coefficient (Wildman–Crippen LogP) is 4.84. The Bertz CT molecular complexity index is 961. The lowest BCUT2D eigenvalue weighted by atomic mass is 9.84. The van der Waals surface area contributed by atoms with Crippen molar-refractivity contribution >= 4 is 17.3 Å². The summed E-state index contributed by atoms with van der Waals surface area (Å²) >= 11 is 0. The van der Waals surface area contributed by atoms with Crippen molar-refractivity contribution in [2.45, 2.75) is 58.8 Å². The summed E-state index contributed by atoms with van der Waals surface area (Å²) in [4.78, 5) is 38.2. The van der Waals surface area contributed by atoms with Gasteiger partial charge in [-0.25, -0.2) is 4.39 Å². The summed E-state index contributed by atoms with van der Waals surface area (Å²) in [6.07, 6.45) is 1.66. The van der Waals surface area contributed by atoms with E-state index in [9.17, 15) is 18.8 Å². The van der Waals surface area contributed by atoms with E-state index in [1.165, 1.54) is 12.1 Å². The van der Waals surface area contributed by atoms with Gasteiger partial charge in [-0.15, -0.1) is 0 Å². The molecule has 29 heavy (non-hydrogen) atoms. The Balaban J connectivity index is 1.70. The molecular formula is C25H27FO3. The normalized spacial score (nSPS) is 19.0. The quantitative estimate of drug-likeness (QED) is 0.632. The molecule has 0 aromatic heterocycles. The highest BCUT2D eigenvalue weighted by Gasteiger charge is 2.43. The summed E-state index contributed by atoms with van der Waals surface area (Å²) in [5, 5.41) is 0. The first-order valence-corrected chi connectivity index (χ1v) is 10.2. The molecule has 0 amide bonds. The molecule has 0 spiro atoms. The van der Waals surface area contributed by atoms with E-state index in [4.69, 9.17) is 0 Å². The Hall–Kier alpha value is -2.62. The van der Waals surface area contributed by atoms with E-state index in [1.807, 2.05) is 32.9 Å². The number of rotatable bonds is 7. The average Bonchev–Trinajstić information content (AvgIpc) is 2.93. The van der Waals surface area contributed by atoms with Crippen LogP contribution in [0.4, 0.5) is 4.39 Å². The molecule has 4 heteroatoms. The van der Waals surface area contributed by atoms with Gasteiger partial charge in [0.05, 0.1) is 0 Å². The van der Waals surface area contributed by atoms with Gasteiger partial charge in [0.1, 0.15) is 23.3 Å². The summed E-state index contributed by atoms with van der Waals surface area (Å²) < 4.78 is 13.3. The van der Waals surface area contributed by atoms with Crippen molar-refractivity contribution in [2.75, 3.05) is 0 Å². The smallest absolute Gasteiger partial charge is 0.151 e. The molecule has 2 unspecified atom stereocenters. The molecule has 1 fully saturated rings. The van der Waals surface area contributed by atoms with Crippen LogP contribution in [0, 0.1) is 25.6 Å². The minimum Gasteiger partial charge on any atom is -0.300 e. The summed E-state index contributed by atoms with van der Waals surface area (Å²) in [6, 6.07) is 10.2. The van der Waals surface area contributed by atoms with Gasteiger partial charge in [-0.3, -0.25) is 14.4 Å². The van der Waals surface area contributed by atoms with Crippen LogP contribution in [0.3, 0.4) is 0 Å². The summed E-state index contributed by atoms with van der Waals surface area (Å²) in [6.45, 7) is 5.98. The Morgan fingerprint density at radius 1 is 1.14 bits per heavy atom. The van der Waals surface area contributed by atoms with Gasteiger partial charge in [0.15, 0.2) is 5.78 Å². The van der Waals surface area contributed by atoms with Crippen LogP contribution < -0.4 is 0 Å². The molecule has 0 saturated heterocycles. The standard InChI is InChI=1S/C25H27FO3/c1-4-18-11-15(2)10-16(3)23(18)24-22(28)14-19(25(24)29)13-21(27)9-8-17-6-5-7-20(26)12-17/h5-7,10-12,19,24H,4,8-9,13-14H2,1-3H3. The zero-order valence-electron chi connectivity index (χ0n) is 17.3. The van der Waals surface area contributed by atoms with Crippen molar-refractivity contribution in [1.29, 1.82) is 0 Å². The van der Waals surface area contributed by atoms with Crippen LogP contribution in [0.2, 0.25) is 0 Å². The molecule has 2 aromatic carbocycles. The first kappa shape index (κ1) is 21.1. The number of hydrogen-bond acceptors (Lipinski definition) is 3. The second kappa shape index (κ2) is 8.81. The molecule has 2 atom stereocenters. The number of carbonyl (C=O) groups is 3. The monoisotopic (exact) mass is 394 g/mol. The van der Waals surface area contributed by atoms with Crippen LogP contribution in [-0.4, -0.2) is 17.3 Å². The lowest BCUT2D eigenvalue weighted by Gasteiger charge is -2.17. The van der Waals surface area contributed by atoms with E-state index in [2.05, 4.69) is 0 Å². The topological polar surface area (TPSA) is 51.2 Å². The van der Waals surface area contributed by atoms with Gasteiger partial charge in [-0.2, -0.15) is 0 Å². The van der Waals surface area contributed by atoms with Crippen LogP contribution in [-0.2, 0) is 27.2 Å². The third kappa shape index (κ3) is 4.69. The lowest BCUT2D eigenvalue weighted by molar-refractivity contribution is -0.127. The third-order valence-corrected chi connectivity index (χ3v) is 5.80. The van der Waals surface area contributed by atoms with Gasteiger partial charge < -0.3 is 0 Å². The first-order chi connectivity index (χ1) is 13.8. The van der Waals surface area contributed by atoms with E-state index in [0.717, 1.165) is 34.2 Å². The molecule has 0 bridgehead atoms. The van der Waals surface area contributed by atoms with Crippen LogP contribution in [0.5, 0.6) is 0 Å². The van der Waals surface area contributed by atoms with Crippen LogP contribution >= 0.6 is 0 Å². The minimum absolute atomic E-state index is 0.0580. The van der Waals surface area contributed by atoms with Crippen molar-refractivity contribution in [3.63, 3.8) is 0 Å². The van der Waals surface area contributed by atoms with E-state index in [0.29, 0.717) is 6.42 Å². The zero-order chi connectivity index (χ0) is 21.1. The Kier molecular flexibility index (Phi) is 6.41. The highest BCUT2D eigenvalue weighted by molar-refractivity contribution is 6.15. The van der Waals surface area contributed by atoms with Crippen LogP contribution in [0.25, 0.3) is 0 Å². The van der Waals surface area contributed by atoms with Crippen molar-refractivity contribution < 1.29 is 18.8 Å². The van der Waals surface area contributed by atoms with Crippen LogP contribution in [0.1, 0.15) is 59.9 Å². The Labute approximate surface area is 171 Å². The minimum atomic E-state index is -0.744. The number of carbonyl (C=O) groups excluding carboxylic acids is 3. The number of aryl methyl sites for hydroxylation is 4. The molecular weight excluding hydrogens is 367 g/mol. The summed E-state index contributed by atoms with van der Waals surface area (Å²) in [7, 11) is 0. The third-order valence-electron chi connectivity index (χ3n) is 5.80. The van der Waals surface area contributed by atoms with Gasteiger partial charge in [-0.1, -0.05) is 36.8 Å². The molecule has 1 saturated carbocycles. The maximum Gasteiger partial charge on any atom is 0.151 e. The fourth-order valence-corrected chi connectivity index (χ4v) is 4.46. The Morgan fingerprint density at radius 2 is 1.90 bits per heavy atom. The summed E-state index contributed by atoms with van der Waals surface area (Å²) in [5.41, 5.74) is 4.71. The van der Waals surface area contributed by atoms with E-state index in [1.54, 1.807) is 12.1 Å². The molecule has 2 aromatic rings. The maximum atomic E-state index is 13.3. The molecule has 1 aliphatic carbocycles. The SMILES string of the molecule is CCc1cc(C)cc(C)c1C1C(=O)CC(CC(=O)CCc2cccc(F)c2)C1=O. The van der Waals surface area contributed by atoms with Gasteiger partial charge in [0.2, 0.25) is 0 Å². The fraction of sp³-hybridized carbons (Fsp3) is 0.400. The lowest BCUT2D eigenvalue weighted by Crippen LogP contribution is -2.20. The molecule has 0 radical (unpaired) electrons. The second-order valence-electron chi connectivity index (χ2n) is 8.08. The zero-order valence-corrected chi connectivity index (χ0v) is 17.3. The molecule has 152 valence electrons. The molecule has 3 nitrogen and oxygen atoms in total. The highest BCUT2D eigenvalue weighted by Crippen LogP contribution is 2.38. The van der Waals surface area contributed by atoms with Crippen molar-refractivity contribution in [2.24, 2.45) is 5.92 Å². The molecule has 3 rings (SSSR count). The highest BCUT2D eigenvalue weighted by atomic mass is 19.1. The number of ketones is 3. The van der Waals surface area contributed by atoms with Crippen molar-refractivity contribution in [3.05, 3.63) is 70.0 Å². The second-order valence-corrected chi connectivity index (χ2v) is 8.08. The number of hydrogen-bond donors (Lipinski definition) is 0. The molecule has 1 aliphatic rings. The average molecular weight is 394 g/mol. The number of Topliss-reactive ketones (excluding diaryl/α,β-unsaturated/α-hetero) is 3. The molecule has 0 heterocycles. The first-order valence-electron chi connectivity index (χ1n) is 10.2. The fourth-order valence-electron chi connectivity index (χ4n) is 4.46. The van der Waals surface area contributed by atoms with Crippen LogP contribution in [0.15, 0.2) is 36.4 Å². The van der Waals surface area contributed by atoms with Crippen molar-refractivity contribution in [3.8, 4) is 0 Å². The number of halogens is 1. The summed E-state index contributed by atoms with van der Waals surface area (Å²) in [5.74, 6) is -1.88. The maximum absolute atomic E-state index is 13.3. The van der Waals surface area contributed by atoms with Gasteiger partial charge >= 0.3 is 0 Å². The molecule has 0 N–H and O–H groups in total. The number of benzene rings is 2. The molecule has 0 aliphatic heterocycles. The predicted molar refractivity (Wildman–Crippen MR) is 111 cm³/mol. The van der Waals surface area contributed by atoms with E-state index in [-0.39, 0.29) is 42.4 Å². The van der Waals surface area contributed by atoms with Gasteiger partial charge in [-0.05, 0) is 61.1 Å². The van der Waals surface area contributed by atoms with E-state index >= 15 is 0 Å².